The summed E-state index contributed by atoms with van der Waals surface area (Å²) in [6.45, 7) is 0.151. The van der Waals surface area contributed by atoms with Gasteiger partial charge in [0.1, 0.15) is 21.9 Å². The molecule has 9 nitrogen and oxygen atoms in total. The van der Waals surface area contributed by atoms with Crippen LogP contribution in [0.5, 0.6) is 0 Å². The molecule has 10 heteroatoms. The van der Waals surface area contributed by atoms with Crippen molar-refractivity contribution in [2.45, 2.75) is 6.42 Å². The average molecular weight is 316 g/mol. The van der Waals surface area contributed by atoms with Gasteiger partial charge in [0.2, 0.25) is 0 Å². The third-order valence-electron chi connectivity index (χ3n) is 2.54. The van der Waals surface area contributed by atoms with Crippen molar-refractivity contribution in [3.05, 3.63) is 27.9 Å². The van der Waals surface area contributed by atoms with Gasteiger partial charge in [0.05, 0.1) is 16.2 Å². The van der Waals surface area contributed by atoms with E-state index in [1.54, 1.807) is 0 Å². The molecule has 2 N–H and O–H groups in total. The zero-order valence-electron chi connectivity index (χ0n) is 11.6. The zero-order valence-corrected chi connectivity index (χ0v) is 12.4. The highest BCUT2D eigenvalue weighted by atomic mass is 32.2. The van der Waals surface area contributed by atoms with E-state index in [2.05, 4.69) is 15.6 Å². The second-order valence-corrected chi connectivity index (χ2v) is 6.60. The fourth-order valence-corrected chi connectivity index (χ4v) is 2.23. The fourth-order valence-electron chi connectivity index (χ4n) is 1.56. The number of nitro groups is 1. The quantitative estimate of drug-likeness (QED) is 0.417. The van der Waals surface area contributed by atoms with Gasteiger partial charge in [0.15, 0.2) is 0 Å². The highest BCUT2D eigenvalue weighted by molar-refractivity contribution is 7.90. The first-order valence-electron chi connectivity index (χ1n) is 6.02. The molecule has 1 aromatic rings. The Labute approximate surface area is 121 Å². The molecule has 0 aromatic carbocycles. The van der Waals surface area contributed by atoms with E-state index in [4.69, 9.17) is 0 Å². The molecule has 0 aliphatic rings. The Kier molecular flexibility index (Phi) is 5.59. The summed E-state index contributed by atoms with van der Waals surface area (Å²) < 4.78 is 21.9. The molecule has 0 saturated heterocycles. The number of pyridine rings is 1. The first-order chi connectivity index (χ1) is 9.74. The maximum Gasteiger partial charge on any atom is 0.288 e. The Bertz CT molecular complexity index is 644. The molecule has 1 amide bonds. The van der Waals surface area contributed by atoms with E-state index in [-0.39, 0.29) is 35.8 Å². The van der Waals surface area contributed by atoms with Crippen molar-refractivity contribution in [2.24, 2.45) is 0 Å². The van der Waals surface area contributed by atoms with Gasteiger partial charge in [-0.3, -0.25) is 14.9 Å². The van der Waals surface area contributed by atoms with Gasteiger partial charge in [-0.1, -0.05) is 0 Å². The van der Waals surface area contributed by atoms with Gasteiger partial charge in [-0.25, -0.2) is 13.4 Å². The highest BCUT2D eigenvalue weighted by Gasteiger charge is 2.17. The number of amides is 1. The van der Waals surface area contributed by atoms with Gasteiger partial charge < -0.3 is 10.6 Å². The number of nitrogens with one attached hydrogen (secondary N) is 2. The van der Waals surface area contributed by atoms with Gasteiger partial charge in [0.25, 0.3) is 11.6 Å². The van der Waals surface area contributed by atoms with Crippen LogP contribution in [0, 0.1) is 10.1 Å². The molecule has 21 heavy (non-hydrogen) atoms. The lowest BCUT2D eigenvalue weighted by Gasteiger charge is -2.08. The van der Waals surface area contributed by atoms with Gasteiger partial charge >= 0.3 is 0 Å². The van der Waals surface area contributed by atoms with E-state index in [0.717, 1.165) is 18.5 Å². The second kappa shape index (κ2) is 6.97. The van der Waals surface area contributed by atoms with Crippen molar-refractivity contribution in [3.63, 3.8) is 0 Å². The zero-order chi connectivity index (χ0) is 16.0. The van der Waals surface area contributed by atoms with Crippen LogP contribution in [0.3, 0.4) is 0 Å². The first-order valence-corrected chi connectivity index (χ1v) is 8.09. The van der Waals surface area contributed by atoms with Crippen LogP contribution in [-0.2, 0) is 9.84 Å². The molecule has 0 fully saturated rings. The number of nitrogens with zero attached hydrogens (tertiary/aromatic N) is 2. The van der Waals surface area contributed by atoms with Crippen LogP contribution in [-0.4, -0.2) is 49.8 Å². The monoisotopic (exact) mass is 316 g/mol. The second-order valence-electron chi connectivity index (χ2n) is 4.34. The number of rotatable bonds is 7. The number of aromatic nitrogens is 1. The van der Waals surface area contributed by atoms with Crippen LogP contribution in [0.4, 0.5) is 11.5 Å². The van der Waals surface area contributed by atoms with Gasteiger partial charge in [-0.05, 0) is 6.42 Å². The van der Waals surface area contributed by atoms with E-state index < -0.39 is 20.7 Å². The maximum atomic E-state index is 12.0. The molecule has 0 atom stereocenters. The van der Waals surface area contributed by atoms with Crippen LogP contribution in [0.2, 0.25) is 0 Å². The Morgan fingerprint density at radius 2 is 2.14 bits per heavy atom. The summed E-state index contributed by atoms with van der Waals surface area (Å²) in [7, 11) is -1.55. The highest BCUT2D eigenvalue weighted by Crippen LogP contribution is 2.18. The summed E-state index contributed by atoms with van der Waals surface area (Å²) in [5.74, 6) is -0.385. The van der Waals surface area contributed by atoms with Crippen LogP contribution in [0.15, 0.2) is 12.3 Å². The minimum atomic E-state index is -3.08. The summed E-state index contributed by atoms with van der Waals surface area (Å²) in [5.41, 5.74) is -0.263. The molecule has 0 saturated carbocycles. The number of carbonyl (C=O) groups is 1. The largest absolute Gasteiger partial charge is 0.372 e. The molecule has 0 radical (unpaired) electrons. The van der Waals surface area contributed by atoms with Gasteiger partial charge in [0, 0.05) is 25.9 Å². The molecule has 0 unspecified atom stereocenters. The fraction of sp³-hybridized carbons (Fsp3) is 0.455. The van der Waals surface area contributed by atoms with Crippen molar-refractivity contribution in [3.8, 4) is 0 Å². The smallest absolute Gasteiger partial charge is 0.288 e. The number of carbonyl (C=O) groups excluding carboxylic acids is 1. The predicted molar refractivity (Wildman–Crippen MR) is 77.1 cm³/mol. The normalized spacial score (nSPS) is 11.0. The SMILES string of the molecule is CNc1ncc([N+](=O)[O-])cc1C(=O)NCCCS(C)(=O)=O. The summed E-state index contributed by atoms with van der Waals surface area (Å²) in [6.07, 6.45) is 2.42. The van der Waals surface area contributed by atoms with Crippen molar-refractivity contribution in [2.75, 3.05) is 30.9 Å². The molecule has 116 valence electrons. The minimum absolute atomic E-state index is 0.0334. The van der Waals surface area contributed by atoms with Crippen molar-refractivity contribution in [1.29, 1.82) is 0 Å². The minimum Gasteiger partial charge on any atom is -0.372 e. The molecule has 0 spiro atoms. The van der Waals surface area contributed by atoms with E-state index in [1.807, 2.05) is 0 Å². The molecular formula is C11H16N4O5S. The maximum absolute atomic E-state index is 12.0. The number of sulfone groups is 1. The van der Waals surface area contributed by atoms with Crippen molar-refractivity contribution >= 4 is 27.2 Å². The summed E-state index contributed by atoms with van der Waals surface area (Å²) >= 11 is 0. The lowest BCUT2D eigenvalue weighted by atomic mass is 10.2. The topological polar surface area (TPSA) is 131 Å². The Balaban J connectivity index is 2.76. The average Bonchev–Trinajstić information content (AvgIpc) is 2.41. The van der Waals surface area contributed by atoms with Crippen LogP contribution in [0.1, 0.15) is 16.8 Å². The third kappa shape index (κ3) is 5.34. The molecule has 0 bridgehead atoms. The van der Waals surface area contributed by atoms with Gasteiger partial charge in [-0.15, -0.1) is 0 Å². The van der Waals surface area contributed by atoms with E-state index >= 15 is 0 Å². The Morgan fingerprint density at radius 3 is 2.67 bits per heavy atom. The lowest BCUT2D eigenvalue weighted by molar-refractivity contribution is -0.385. The van der Waals surface area contributed by atoms with E-state index in [1.165, 1.54) is 7.05 Å². The van der Waals surface area contributed by atoms with E-state index in [0.29, 0.717) is 0 Å². The molecule has 0 aliphatic heterocycles. The summed E-state index contributed by atoms with van der Waals surface area (Å²) in [6, 6.07) is 1.12. The Hall–Kier alpha value is -2.23. The molecule has 1 heterocycles. The lowest BCUT2D eigenvalue weighted by Crippen LogP contribution is -2.27. The van der Waals surface area contributed by atoms with Crippen LogP contribution < -0.4 is 10.6 Å². The van der Waals surface area contributed by atoms with Crippen LogP contribution in [0.25, 0.3) is 0 Å². The molecular weight excluding hydrogens is 300 g/mol. The summed E-state index contributed by atoms with van der Waals surface area (Å²) in [5, 5.41) is 15.9. The standard InChI is InChI=1S/C11H16N4O5S/c1-12-10-9(6-8(7-14-10)15(17)18)11(16)13-4-3-5-21(2,19)20/h6-7H,3-5H2,1-2H3,(H,12,14)(H,13,16). The molecule has 1 rings (SSSR count). The van der Waals surface area contributed by atoms with Crippen molar-refractivity contribution in [1.82, 2.24) is 10.3 Å². The Morgan fingerprint density at radius 1 is 1.48 bits per heavy atom. The van der Waals surface area contributed by atoms with Gasteiger partial charge in [-0.2, -0.15) is 0 Å². The molecule has 0 aliphatic carbocycles. The predicted octanol–water partition coefficient (Wildman–Crippen LogP) is 0.196. The first kappa shape index (κ1) is 16.8. The number of hydrogen-bond acceptors (Lipinski definition) is 7. The number of hydrogen-bond donors (Lipinski definition) is 2. The molecule has 1 aromatic heterocycles. The third-order valence-corrected chi connectivity index (χ3v) is 3.57. The summed E-state index contributed by atoms with van der Waals surface area (Å²) in [4.78, 5) is 25.8. The van der Waals surface area contributed by atoms with E-state index in [9.17, 15) is 23.3 Å². The van der Waals surface area contributed by atoms with Crippen molar-refractivity contribution < 1.29 is 18.1 Å². The van der Waals surface area contributed by atoms with Crippen LogP contribution >= 0.6 is 0 Å². The number of anilines is 1.